The number of rotatable bonds is 5. The number of nitrogens with one attached hydrogen (secondary N) is 2. The first-order valence-corrected chi connectivity index (χ1v) is 9.05. The molecule has 26 heavy (non-hydrogen) atoms. The van der Waals surface area contributed by atoms with Gasteiger partial charge in [0, 0.05) is 6.04 Å². The van der Waals surface area contributed by atoms with Gasteiger partial charge in [-0.25, -0.2) is 0 Å². The standard InChI is InChI=1S/C22H22N2O2/c25-22-20-14-18(23-15-21(20)26-24-22)12-7-13-19(16-8-3-1-4-9-16)17-10-5-2-6-11-17/h1-6,8-11,13,18,23H,7,12,14-15H2,(H,24,25). The zero-order valence-electron chi connectivity index (χ0n) is 14.6. The Morgan fingerprint density at radius 2 is 1.69 bits per heavy atom. The molecule has 1 aromatic heterocycles. The molecular weight excluding hydrogens is 324 g/mol. The van der Waals surface area contributed by atoms with Crippen molar-refractivity contribution in [3.8, 4) is 0 Å². The fraction of sp³-hybridized carbons (Fsp3) is 0.227. The highest BCUT2D eigenvalue weighted by atomic mass is 16.5. The van der Waals surface area contributed by atoms with Crippen molar-refractivity contribution >= 4 is 5.57 Å². The smallest absolute Gasteiger partial charge is 0.283 e. The molecule has 0 radical (unpaired) electrons. The summed E-state index contributed by atoms with van der Waals surface area (Å²) in [5.74, 6) is 0.746. The second kappa shape index (κ2) is 7.58. The van der Waals surface area contributed by atoms with Gasteiger partial charge in [-0.3, -0.25) is 4.79 Å². The second-order valence-electron chi connectivity index (χ2n) is 6.64. The summed E-state index contributed by atoms with van der Waals surface area (Å²) in [4.78, 5) is 11.8. The summed E-state index contributed by atoms with van der Waals surface area (Å²) in [5, 5.41) is 5.89. The molecule has 0 fully saturated rings. The largest absolute Gasteiger partial charge is 0.382 e. The van der Waals surface area contributed by atoms with Crippen LogP contribution in [-0.2, 0) is 13.0 Å². The third-order valence-corrected chi connectivity index (χ3v) is 4.91. The van der Waals surface area contributed by atoms with Crippen molar-refractivity contribution in [3.63, 3.8) is 0 Å². The molecule has 1 aliphatic heterocycles. The SMILES string of the molecule is O=c1[nH]oc2c1CC(CCC=C(c1ccccc1)c1ccccc1)NC2. The molecule has 1 aliphatic rings. The van der Waals surface area contributed by atoms with E-state index in [4.69, 9.17) is 4.52 Å². The van der Waals surface area contributed by atoms with Crippen LogP contribution in [0.1, 0.15) is 35.3 Å². The molecule has 4 nitrogen and oxygen atoms in total. The van der Waals surface area contributed by atoms with Gasteiger partial charge in [0.25, 0.3) is 5.56 Å². The van der Waals surface area contributed by atoms with Crippen LogP contribution in [0.2, 0.25) is 0 Å². The first-order chi connectivity index (χ1) is 12.8. The monoisotopic (exact) mass is 346 g/mol. The van der Waals surface area contributed by atoms with E-state index in [0.29, 0.717) is 12.6 Å². The average molecular weight is 346 g/mol. The predicted octanol–water partition coefficient (Wildman–Crippen LogP) is 3.89. The van der Waals surface area contributed by atoms with Crippen LogP contribution in [0.25, 0.3) is 5.57 Å². The number of H-pyrrole nitrogens is 1. The van der Waals surface area contributed by atoms with Gasteiger partial charge in [-0.1, -0.05) is 66.7 Å². The van der Waals surface area contributed by atoms with Gasteiger partial charge in [0.05, 0.1) is 12.1 Å². The van der Waals surface area contributed by atoms with Crippen LogP contribution < -0.4 is 10.9 Å². The topological polar surface area (TPSA) is 58.0 Å². The summed E-state index contributed by atoms with van der Waals surface area (Å²) in [6.07, 6.45) is 4.96. The molecule has 3 aromatic rings. The van der Waals surface area contributed by atoms with E-state index in [9.17, 15) is 4.79 Å². The molecule has 0 saturated heterocycles. The Balaban J connectivity index is 1.50. The number of hydrogen-bond donors (Lipinski definition) is 2. The molecule has 0 amide bonds. The van der Waals surface area contributed by atoms with Crippen LogP contribution in [0.5, 0.6) is 0 Å². The van der Waals surface area contributed by atoms with E-state index in [0.717, 1.165) is 30.6 Å². The van der Waals surface area contributed by atoms with Crippen molar-refractivity contribution in [3.05, 3.63) is 99.5 Å². The number of hydrogen-bond acceptors (Lipinski definition) is 3. The average Bonchev–Trinajstić information content (AvgIpc) is 3.07. The minimum absolute atomic E-state index is 0.0868. The summed E-state index contributed by atoms with van der Waals surface area (Å²) < 4.78 is 5.18. The summed E-state index contributed by atoms with van der Waals surface area (Å²) in [7, 11) is 0. The molecule has 0 saturated carbocycles. The van der Waals surface area contributed by atoms with Crippen molar-refractivity contribution < 1.29 is 4.52 Å². The first-order valence-electron chi connectivity index (χ1n) is 9.05. The van der Waals surface area contributed by atoms with Crippen molar-refractivity contribution in [1.82, 2.24) is 10.5 Å². The van der Waals surface area contributed by atoms with Gasteiger partial charge in [0.2, 0.25) is 0 Å². The van der Waals surface area contributed by atoms with Crippen LogP contribution >= 0.6 is 0 Å². The number of fused-ring (bicyclic) bond motifs is 1. The summed E-state index contributed by atoms with van der Waals surface area (Å²) >= 11 is 0. The van der Waals surface area contributed by atoms with Gasteiger partial charge in [0.15, 0.2) is 5.76 Å². The van der Waals surface area contributed by atoms with E-state index in [1.54, 1.807) is 0 Å². The minimum Gasteiger partial charge on any atom is -0.382 e. The lowest BCUT2D eigenvalue weighted by molar-refractivity contribution is 0.340. The lowest BCUT2D eigenvalue weighted by Gasteiger charge is -2.21. The van der Waals surface area contributed by atoms with Crippen LogP contribution in [0, 0.1) is 0 Å². The van der Waals surface area contributed by atoms with Gasteiger partial charge in [-0.15, -0.1) is 0 Å². The number of allylic oxidation sites excluding steroid dienone is 1. The van der Waals surface area contributed by atoms with E-state index >= 15 is 0 Å². The van der Waals surface area contributed by atoms with Gasteiger partial charge in [-0.2, -0.15) is 5.16 Å². The van der Waals surface area contributed by atoms with Crippen molar-refractivity contribution in [1.29, 1.82) is 0 Å². The Kier molecular flexibility index (Phi) is 4.84. The Morgan fingerprint density at radius 1 is 1.04 bits per heavy atom. The molecule has 0 bridgehead atoms. The lowest BCUT2D eigenvalue weighted by atomic mass is 9.94. The number of benzene rings is 2. The molecule has 4 rings (SSSR count). The zero-order valence-corrected chi connectivity index (χ0v) is 14.6. The van der Waals surface area contributed by atoms with Crippen LogP contribution in [0.4, 0.5) is 0 Å². The molecule has 2 aromatic carbocycles. The summed E-state index contributed by atoms with van der Waals surface area (Å²) in [5.41, 5.74) is 4.41. The zero-order chi connectivity index (χ0) is 17.8. The van der Waals surface area contributed by atoms with E-state index in [2.05, 4.69) is 65.1 Å². The van der Waals surface area contributed by atoms with Crippen molar-refractivity contribution in [2.45, 2.75) is 31.8 Å². The molecule has 0 spiro atoms. The van der Waals surface area contributed by atoms with Crippen LogP contribution in [0.3, 0.4) is 0 Å². The fourth-order valence-electron chi connectivity index (χ4n) is 3.53. The fourth-order valence-corrected chi connectivity index (χ4v) is 3.53. The van der Waals surface area contributed by atoms with E-state index in [-0.39, 0.29) is 5.56 Å². The van der Waals surface area contributed by atoms with Gasteiger partial charge in [0.1, 0.15) is 0 Å². The predicted molar refractivity (Wildman–Crippen MR) is 103 cm³/mol. The molecular formula is C22H22N2O2. The maximum atomic E-state index is 11.8. The molecule has 4 heteroatoms. The van der Waals surface area contributed by atoms with E-state index in [1.807, 2.05) is 12.1 Å². The maximum absolute atomic E-state index is 11.8. The first kappa shape index (κ1) is 16.6. The maximum Gasteiger partial charge on any atom is 0.283 e. The molecule has 132 valence electrons. The van der Waals surface area contributed by atoms with E-state index in [1.165, 1.54) is 16.7 Å². The molecule has 0 aliphatic carbocycles. The number of aromatic nitrogens is 1. The highest BCUT2D eigenvalue weighted by molar-refractivity contribution is 5.79. The minimum atomic E-state index is -0.0868. The lowest BCUT2D eigenvalue weighted by Crippen LogP contribution is -2.36. The van der Waals surface area contributed by atoms with Crippen LogP contribution in [0.15, 0.2) is 76.1 Å². The van der Waals surface area contributed by atoms with Crippen molar-refractivity contribution in [2.75, 3.05) is 0 Å². The van der Waals surface area contributed by atoms with Gasteiger partial charge < -0.3 is 9.84 Å². The quantitative estimate of drug-likeness (QED) is 0.737. The highest BCUT2D eigenvalue weighted by Gasteiger charge is 2.23. The summed E-state index contributed by atoms with van der Waals surface area (Å²) in [6.45, 7) is 0.618. The normalized spacial score (nSPS) is 16.1. The second-order valence-corrected chi connectivity index (χ2v) is 6.64. The Hall–Kier alpha value is -2.85. The van der Waals surface area contributed by atoms with Crippen LogP contribution in [-0.4, -0.2) is 11.2 Å². The third kappa shape index (κ3) is 3.55. The Bertz CT molecular complexity index is 898. The molecule has 2 heterocycles. The molecule has 1 atom stereocenters. The van der Waals surface area contributed by atoms with Gasteiger partial charge in [-0.05, 0) is 36.0 Å². The molecule has 1 unspecified atom stereocenters. The van der Waals surface area contributed by atoms with E-state index < -0.39 is 0 Å². The Labute approximate surface area is 152 Å². The molecule has 2 N–H and O–H groups in total. The third-order valence-electron chi connectivity index (χ3n) is 4.91. The summed E-state index contributed by atoms with van der Waals surface area (Å²) in [6, 6.07) is 21.3. The number of aromatic amines is 1. The van der Waals surface area contributed by atoms with Gasteiger partial charge >= 0.3 is 0 Å². The highest BCUT2D eigenvalue weighted by Crippen LogP contribution is 2.25. The Morgan fingerprint density at radius 3 is 2.35 bits per heavy atom. The van der Waals surface area contributed by atoms with Crippen molar-refractivity contribution in [2.24, 2.45) is 0 Å².